The van der Waals surface area contributed by atoms with Crippen molar-refractivity contribution in [3.63, 3.8) is 0 Å². The molecule has 170 valence electrons. The Bertz CT molecular complexity index is 902. The number of benzene rings is 1. The average molecular weight is 541 g/mol. The van der Waals surface area contributed by atoms with E-state index in [9.17, 15) is 0 Å². The van der Waals surface area contributed by atoms with Crippen LogP contribution < -0.4 is 20.1 Å². The molecule has 4 rings (SSSR count). The molecule has 1 saturated heterocycles. The molecule has 0 saturated carbocycles. The zero-order valence-corrected chi connectivity index (χ0v) is 20.8. The van der Waals surface area contributed by atoms with Gasteiger partial charge >= 0.3 is 0 Å². The largest absolute Gasteiger partial charge is 0.454 e. The third-order valence-corrected chi connectivity index (χ3v) is 5.86. The minimum absolute atomic E-state index is 0. The van der Waals surface area contributed by atoms with Gasteiger partial charge in [0.1, 0.15) is 5.82 Å². The summed E-state index contributed by atoms with van der Waals surface area (Å²) in [7, 11) is 1.97. The van der Waals surface area contributed by atoms with Crippen LogP contribution in [0.4, 0.5) is 0 Å². The molecular weight excluding hydrogens is 509 g/mol. The maximum Gasteiger partial charge on any atom is 0.231 e. The van der Waals surface area contributed by atoms with E-state index in [2.05, 4.69) is 32.7 Å². The van der Waals surface area contributed by atoms with Gasteiger partial charge < -0.3 is 24.7 Å². The average Bonchev–Trinajstić information content (AvgIpc) is 3.48. The molecule has 2 aliphatic heterocycles. The van der Waals surface area contributed by atoms with Crippen LogP contribution in [0.3, 0.4) is 0 Å². The standard InChI is InChI=1S/C21H31N7O2.HI/c1-4-28-9-5-6-17(28)12-23-21(24-13-20-26-25-15(2)27(20)3)22-11-16-7-8-18-19(10-16)30-14-29-18;/h7-8,10,17H,4-6,9,11-14H2,1-3H3,(H2,22,23,24);1H. The highest BCUT2D eigenvalue weighted by molar-refractivity contribution is 14.0. The number of halogens is 1. The molecule has 1 fully saturated rings. The van der Waals surface area contributed by atoms with Gasteiger partial charge in [-0.2, -0.15) is 0 Å². The molecule has 0 bridgehead atoms. The van der Waals surface area contributed by atoms with Crippen molar-refractivity contribution in [3.8, 4) is 11.5 Å². The number of aliphatic imine (C=N–C) groups is 1. The lowest BCUT2D eigenvalue weighted by molar-refractivity contribution is 0.174. The second kappa shape index (κ2) is 11.0. The SMILES string of the molecule is CCN1CCCC1CNC(=NCc1ccc2c(c1)OCO2)NCc1nnc(C)n1C.I. The van der Waals surface area contributed by atoms with Crippen LogP contribution in [0.25, 0.3) is 0 Å². The van der Waals surface area contributed by atoms with Gasteiger partial charge in [0.05, 0.1) is 13.1 Å². The van der Waals surface area contributed by atoms with Crippen molar-refractivity contribution in [1.29, 1.82) is 0 Å². The minimum Gasteiger partial charge on any atom is -0.454 e. The van der Waals surface area contributed by atoms with E-state index in [1.54, 1.807) is 0 Å². The zero-order chi connectivity index (χ0) is 20.9. The van der Waals surface area contributed by atoms with Crippen molar-refractivity contribution in [2.45, 2.75) is 45.8 Å². The van der Waals surface area contributed by atoms with Gasteiger partial charge in [-0.25, -0.2) is 4.99 Å². The number of hydrogen-bond acceptors (Lipinski definition) is 6. The molecular formula is C21H32IN7O2. The summed E-state index contributed by atoms with van der Waals surface area (Å²) in [4.78, 5) is 7.33. The highest BCUT2D eigenvalue weighted by atomic mass is 127. The summed E-state index contributed by atoms with van der Waals surface area (Å²) in [6, 6.07) is 6.50. The Kier molecular flexibility index (Phi) is 8.35. The second-order valence-electron chi connectivity index (χ2n) is 7.73. The van der Waals surface area contributed by atoms with Crippen LogP contribution in [0.1, 0.15) is 37.0 Å². The van der Waals surface area contributed by atoms with E-state index < -0.39 is 0 Å². The van der Waals surface area contributed by atoms with E-state index >= 15 is 0 Å². The molecule has 0 radical (unpaired) electrons. The van der Waals surface area contributed by atoms with Gasteiger partial charge in [0.2, 0.25) is 6.79 Å². The monoisotopic (exact) mass is 541 g/mol. The number of guanidine groups is 1. The smallest absolute Gasteiger partial charge is 0.231 e. The lowest BCUT2D eigenvalue weighted by Gasteiger charge is -2.24. The van der Waals surface area contributed by atoms with Gasteiger partial charge in [-0.15, -0.1) is 34.2 Å². The number of aromatic nitrogens is 3. The highest BCUT2D eigenvalue weighted by Crippen LogP contribution is 2.32. The molecule has 1 aromatic carbocycles. The molecule has 0 spiro atoms. The number of likely N-dealkylation sites (tertiary alicyclic amines) is 1. The van der Waals surface area contributed by atoms with Crippen molar-refractivity contribution in [3.05, 3.63) is 35.4 Å². The molecule has 1 atom stereocenters. The predicted molar refractivity (Wildman–Crippen MR) is 130 cm³/mol. The molecule has 3 heterocycles. The van der Waals surface area contributed by atoms with Crippen molar-refractivity contribution in [2.24, 2.45) is 12.0 Å². The topological polar surface area (TPSA) is 88.8 Å². The first-order valence-electron chi connectivity index (χ1n) is 10.6. The molecule has 2 N–H and O–H groups in total. The van der Waals surface area contributed by atoms with Crippen LogP contribution in [0.15, 0.2) is 23.2 Å². The van der Waals surface area contributed by atoms with E-state index in [0.717, 1.165) is 47.8 Å². The van der Waals surface area contributed by atoms with Crippen LogP contribution in [0, 0.1) is 6.92 Å². The molecule has 0 aliphatic carbocycles. The van der Waals surface area contributed by atoms with Crippen LogP contribution in [0.2, 0.25) is 0 Å². The lowest BCUT2D eigenvalue weighted by atomic mass is 10.2. The number of likely N-dealkylation sites (N-methyl/N-ethyl adjacent to an activating group) is 1. The molecule has 9 nitrogen and oxygen atoms in total. The fraction of sp³-hybridized carbons (Fsp3) is 0.571. The van der Waals surface area contributed by atoms with Crippen LogP contribution in [-0.2, 0) is 20.1 Å². The van der Waals surface area contributed by atoms with Crippen molar-refractivity contribution < 1.29 is 9.47 Å². The fourth-order valence-corrected chi connectivity index (χ4v) is 3.91. The Morgan fingerprint density at radius 2 is 2.06 bits per heavy atom. The molecule has 2 aliphatic rings. The third-order valence-electron chi connectivity index (χ3n) is 5.86. The van der Waals surface area contributed by atoms with Gasteiger partial charge in [0.15, 0.2) is 23.3 Å². The van der Waals surface area contributed by atoms with Crippen LogP contribution in [0.5, 0.6) is 11.5 Å². The minimum atomic E-state index is 0. The van der Waals surface area contributed by atoms with E-state index in [1.165, 1.54) is 19.4 Å². The molecule has 0 amide bonds. The summed E-state index contributed by atoms with van der Waals surface area (Å²) in [5.41, 5.74) is 1.07. The molecule has 1 unspecified atom stereocenters. The summed E-state index contributed by atoms with van der Waals surface area (Å²) in [6.45, 7) is 8.70. The van der Waals surface area contributed by atoms with E-state index in [0.29, 0.717) is 19.1 Å². The molecule has 2 aromatic rings. The van der Waals surface area contributed by atoms with Crippen molar-refractivity contribution in [1.82, 2.24) is 30.3 Å². The Hall–Kier alpha value is -2.08. The fourth-order valence-electron chi connectivity index (χ4n) is 3.91. The van der Waals surface area contributed by atoms with Gasteiger partial charge in [0, 0.05) is 19.6 Å². The van der Waals surface area contributed by atoms with Gasteiger partial charge in [-0.3, -0.25) is 4.90 Å². The van der Waals surface area contributed by atoms with Gasteiger partial charge in [-0.1, -0.05) is 13.0 Å². The van der Waals surface area contributed by atoms with Gasteiger partial charge in [0.25, 0.3) is 0 Å². The number of aryl methyl sites for hydroxylation is 1. The Labute approximate surface area is 200 Å². The molecule has 1 aromatic heterocycles. The number of nitrogens with one attached hydrogen (secondary N) is 2. The first-order chi connectivity index (χ1) is 14.6. The van der Waals surface area contributed by atoms with E-state index in [1.807, 2.05) is 36.7 Å². The summed E-state index contributed by atoms with van der Waals surface area (Å²) in [6.07, 6.45) is 2.48. The normalized spacial score (nSPS) is 18.2. The number of hydrogen-bond donors (Lipinski definition) is 2. The van der Waals surface area contributed by atoms with Gasteiger partial charge in [-0.05, 0) is 50.6 Å². The Morgan fingerprint density at radius 3 is 2.84 bits per heavy atom. The Morgan fingerprint density at radius 1 is 1.23 bits per heavy atom. The van der Waals surface area contributed by atoms with Crippen molar-refractivity contribution >= 4 is 29.9 Å². The second-order valence-corrected chi connectivity index (χ2v) is 7.73. The maximum atomic E-state index is 5.48. The maximum absolute atomic E-state index is 5.48. The molecule has 10 heteroatoms. The van der Waals surface area contributed by atoms with Crippen LogP contribution >= 0.6 is 24.0 Å². The third kappa shape index (κ3) is 5.79. The predicted octanol–water partition coefficient (Wildman–Crippen LogP) is 2.19. The first kappa shape index (κ1) is 23.6. The summed E-state index contributed by atoms with van der Waals surface area (Å²) in [5.74, 6) is 4.11. The highest BCUT2D eigenvalue weighted by Gasteiger charge is 2.23. The van der Waals surface area contributed by atoms with E-state index in [4.69, 9.17) is 14.5 Å². The van der Waals surface area contributed by atoms with E-state index in [-0.39, 0.29) is 30.8 Å². The van der Waals surface area contributed by atoms with Crippen molar-refractivity contribution in [2.75, 3.05) is 26.4 Å². The summed E-state index contributed by atoms with van der Waals surface area (Å²) >= 11 is 0. The number of rotatable bonds is 7. The Balaban J connectivity index is 0.00000272. The number of nitrogens with zero attached hydrogens (tertiary/aromatic N) is 5. The number of fused-ring (bicyclic) bond motifs is 1. The quantitative estimate of drug-likeness (QED) is 0.316. The number of ether oxygens (including phenoxy) is 2. The van der Waals surface area contributed by atoms with Crippen LogP contribution in [-0.4, -0.2) is 58.1 Å². The summed E-state index contributed by atoms with van der Waals surface area (Å²) in [5, 5.41) is 15.3. The molecule has 31 heavy (non-hydrogen) atoms. The summed E-state index contributed by atoms with van der Waals surface area (Å²) < 4.78 is 12.9. The first-order valence-corrected chi connectivity index (χ1v) is 10.6. The lowest BCUT2D eigenvalue weighted by Crippen LogP contribution is -2.44. The zero-order valence-electron chi connectivity index (χ0n) is 18.4.